The Morgan fingerprint density at radius 2 is 1.77 bits per heavy atom. The summed E-state index contributed by atoms with van der Waals surface area (Å²) in [6, 6.07) is 7.97. The van der Waals surface area contributed by atoms with Crippen LogP contribution in [0.1, 0.15) is 53.9 Å². The van der Waals surface area contributed by atoms with Gasteiger partial charge in [0.05, 0.1) is 28.2 Å². The number of rotatable bonds is 6. The van der Waals surface area contributed by atoms with Crippen molar-refractivity contribution in [3.05, 3.63) is 52.2 Å². The summed E-state index contributed by atoms with van der Waals surface area (Å²) in [5.41, 5.74) is 0.919. The Balaban J connectivity index is 1.23. The molecule has 3 aliphatic heterocycles. The summed E-state index contributed by atoms with van der Waals surface area (Å²) in [5, 5.41) is -0.279. The highest BCUT2D eigenvalue weighted by Gasteiger charge is 2.67. The maximum atomic E-state index is 13.6. The maximum Gasteiger partial charge on any atom is 0.339 e. The predicted octanol–water partition coefficient (Wildman–Crippen LogP) is 5.71. The van der Waals surface area contributed by atoms with E-state index in [1.165, 1.54) is 12.1 Å². The molecule has 6 rings (SSSR count). The first-order valence-electron chi connectivity index (χ1n) is 13.0. The van der Waals surface area contributed by atoms with Crippen LogP contribution in [0.4, 0.5) is 0 Å². The van der Waals surface area contributed by atoms with Gasteiger partial charge in [0.1, 0.15) is 28.1 Å². The van der Waals surface area contributed by atoms with Gasteiger partial charge in [-0.2, -0.15) is 0 Å². The molecule has 40 heavy (non-hydrogen) atoms. The number of hydrogen-bond donors (Lipinski definition) is 0. The Morgan fingerprint density at radius 3 is 2.50 bits per heavy atom. The second kappa shape index (κ2) is 11.7. The molecule has 0 N–H and O–H groups in total. The standard InChI is InChI=1S/C27H25I3O8S2/c28-13-8-16(21(30)18(29)9-13)26(31)38-23-22-24-17(11-36-22)20(25(23)39-24)27(32)37-14-6-7-19(40(33,34)35)15(10-14)12-4-2-1-3-5-12/h6-10,12,17,20,22-25H,1-5,11H2,(H,33,34,35)/p-1. The Bertz CT molecular complexity index is 1480. The van der Waals surface area contributed by atoms with Gasteiger partial charge in [0, 0.05) is 21.9 Å². The van der Waals surface area contributed by atoms with E-state index in [-0.39, 0.29) is 39.1 Å². The number of benzene rings is 2. The second-order valence-corrected chi connectivity index (χ2v) is 16.8. The van der Waals surface area contributed by atoms with Crippen LogP contribution in [0, 0.1) is 22.5 Å². The van der Waals surface area contributed by atoms with E-state index < -0.39 is 34.1 Å². The zero-order valence-electron chi connectivity index (χ0n) is 20.9. The van der Waals surface area contributed by atoms with Crippen LogP contribution < -0.4 is 4.74 Å². The lowest BCUT2D eigenvalue weighted by Gasteiger charge is -2.30. The molecule has 0 radical (unpaired) electrons. The van der Waals surface area contributed by atoms with E-state index in [4.69, 9.17) is 14.2 Å². The molecule has 214 valence electrons. The van der Waals surface area contributed by atoms with Crippen molar-refractivity contribution in [2.24, 2.45) is 11.8 Å². The van der Waals surface area contributed by atoms with Crippen LogP contribution in [0.15, 0.2) is 35.2 Å². The predicted molar refractivity (Wildman–Crippen MR) is 172 cm³/mol. The Kier molecular flexibility index (Phi) is 8.73. The lowest BCUT2D eigenvalue weighted by Crippen LogP contribution is -2.48. The molecule has 2 bridgehead atoms. The van der Waals surface area contributed by atoms with Crippen molar-refractivity contribution in [1.29, 1.82) is 0 Å². The van der Waals surface area contributed by atoms with Crippen molar-refractivity contribution < 1.29 is 36.8 Å². The number of hydrogen-bond acceptors (Lipinski definition) is 9. The van der Waals surface area contributed by atoms with Gasteiger partial charge in [0.25, 0.3) is 0 Å². The highest BCUT2D eigenvalue weighted by Crippen LogP contribution is 2.59. The number of thioether (sulfide) groups is 1. The monoisotopic (exact) mass is 921 g/mol. The van der Waals surface area contributed by atoms with Crippen molar-refractivity contribution in [2.75, 3.05) is 6.61 Å². The van der Waals surface area contributed by atoms with Crippen LogP contribution in [-0.4, -0.2) is 54.2 Å². The molecule has 6 unspecified atom stereocenters. The van der Waals surface area contributed by atoms with Crippen molar-refractivity contribution in [2.45, 2.75) is 65.6 Å². The van der Waals surface area contributed by atoms with Crippen LogP contribution in [0.2, 0.25) is 0 Å². The molecule has 4 aliphatic rings. The van der Waals surface area contributed by atoms with E-state index in [1.54, 1.807) is 23.9 Å². The minimum atomic E-state index is -4.67. The Hall–Kier alpha value is -0.210. The molecule has 1 saturated carbocycles. The first-order valence-corrected chi connectivity index (χ1v) is 18.6. The van der Waals surface area contributed by atoms with Gasteiger partial charge in [-0.15, -0.1) is 11.8 Å². The van der Waals surface area contributed by atoms with Gasteiger partial charge in [-0.1, -0.05) is 19.3 Å². The third-order valence-electron chi connectivity index (χ3n) is 8.25. The van der Waals surface area contributed by atoms with Crippen molar-refractivity contribution >= 4 is 102 Å². The molecule has 8 nitrogen and oxygen atoms in total. The van der Waals surface area contributed by atoms with Gasteiger partial charge in [-0.25, -0.2) is 13.2 Å². The fourth-order valence-corrected chi connectivity index (χ4v) is 11.6. The van der Waals surface area contributed by atoms with Gasteiger partial charge in [0.2, 0.25) is 0 Å². The summed E-state index contributed by atoms with van der Waals surface area (Å²) in [6.45, 7) is 0.381. The molecular weight excluding hydrogens is 897 g/mol. The smallest absolute Gasteiger partial charge is 0.339 e. The van der Waals surface area contributed by atoms with Crippen LogP contribution in [0.3, 0.4) is 0 Å². The lowest BCUT2D eigenvalue weighted by molar-refractivity contribution is -0.141. The van der Waals surface area contributed by atoms with E-state index in [9.17, 15) is 22.6 Å². The molecule has 0 spiro atoms. The molecule has 2 aromatic rings. The molecular formula is C27H24I3O8S2-. The first kappa shape index (κ1) is 29.8. The summed E-state index contributed by atoms with van der Waals surface area (Å²) in [6.07, 6.45) is 3.70. The third-order valence-corrected chi connectivity index (χ3v) is 14.6. The van der Waals surface area contributed by atoms with E-state index in [2.05, 4.69) is 67.8 Å². The van der Waals surface area contributed by atoms with Crippen molar-refractivity contribution in [3.8, 4) is 5.75 Å². The quantitative estimate of drug-likeness (QED) is 0.118. The number of esters is 2. The highest BCUT2D eigenvalue weighted by atomic mass is 127. The Morgan fingerprint density at radius 1 is 1.02 bits per heavy atom. The number of fused-ring (bicyclic) bond motifs is 1. The van der Waals surface area contributed by atoms with E-state index in [1.807, 2.05) is 6.07 Å². The molecule has 0 amide bonds. The van der Waals surface area contributed by atoms with Crippen LogP contribution in [0.5, 0.6) is 5.75 Å². The molecule has 4 fully saturated rings. The number of carbonyl (C=O) groups excluding carboxylic acids is 2. The lowest BCUT2D eigenvalue weighted by atomic mass is 9.79. The molecule has 13 heteroatoms. The summed E-state index contributed by atoms with van der Waals surface area (Å²) < 4.78 is 56.5. The SMILES string of the molecule is O=C(OC1C2OCC3C2SC1C3C(=O)Oc1ccc(S(=O)(=O)[O-])c(C2CCCCC2)c1)c1cc(I)cc(I)c1I. The number of ether oxygens (including phenoxy) is 3. The minimum absolute atomic E-state index is 0.0289. The minimum Gasteiger partial charge on any atom is -0.744 e. The molecule has 0 aromatic heterocycles. The molecule has 2 aromatic carbocycles. The topological polar surface area (TPSA) is 119 Å². The van der Waals surface area contributed by atoms with Gasteiger partial charge < -0.3 is 18.8 Å². The van der Waals surface area contributed by atoms with Crippen LogP contribution in [-0.2, 0) is 24.4 Å². The van der Waals surface area contributed by atoms with Crippen molar-refractivity contribution in [3.63, 3.8) is 0 Å². The van der Waals surface area contributed by atoms with Gasteiger partial charge in [-0.3, -0.25) is 4.79 Å². The molecule has 1 aliphatic carbocycles. The molecule has 3 heterocycles. The van der Waals surface area contributed by atoms with Gasteiger partial charge >= 0.3 is 11.9 Å². The number of carbonyl (C=O) groups is 2. The van der Waals surface area contributed by atoms with Gasteiger partial charge in [-0.05, 0) is 122 Å². The summed E-state index contributed by atoms with van der Waals surface area (Å²) in [4.78, 5) is 26.6. The van der Waals surface area contributed by atoms with Crippen LogP contribution in [0.25, 0.3) is 0 Å². The fraction of sp³-hybridized carbons (Fsp3) is 0.481. The molecule has 3 saturated heterocycles. The second-order valence-electron chi connectivity index (χ2n) is 10.6. The highest BCUT2D eigenvalue weighted by molar-refractivity contribution is 14.1. The van der Waals surface area contributed by atoms with Crippen molar-refractivity contribution in [1.82, 2.24) is 0 Å². The fourth-order valence-electron chi connectivity index (χ4n) is 6.47. The van der Waals surface area contributed by atoms with Crippen LogP contribution >= 0.6 is 79.5 Å². The third kappa shape index (κ3) is 5.57. The van der Waals surface area contributed by atoms with E-state index >= 15 is 0 Å². The zero-order valence-corrected chi connectivity index (χ0v) is 29.0. The summed E-state index contributed by atoms with van der Waals surface area (Å²) >= 11 is 8.12. The van der Waals surface area contributed by atoms with Gasteiger partial charge in [0.15, 0.2) is 0 Å². The maximum absolute atomic E-state index is 13.6. The average molecular weight is 921 g/mol. The largest absolute Gasteiger partial charge is 0.744 e. The van der Waals surface area contributed by atoms with E-state index in [0.717, 1.165) is 42.8 Å². The first-order chi connectivity index (χ1) is 19.0. The number of halogens is 3. The zero-order chi connectivity index (χ0) is 28.3. The Labute approximate surface area is 277 Å². The molecule has 6 atom stereocenters. The average Bonchev–Trinajstić information content (AvgIpc) is 3.55. The summed E-state index contributed by atoms with van der Waals surface area (Å²) in [5.74, 6) is -1.34. The van der Waals surface area contributed by atoms with E-state index in [0.29, 0.717) is 17.7 Å². The normalized spacial score (nSPS) is 29.5. The summed E-state index contributed by atoms with van der Waals surface area (Å²) in [7, 11) is -4.67.